The van der Waals surface area contributed by atoms with Gasteiger partial charge in [0, 0.05) is 4.75 Å². The number of thioether (sulfide) groups is 1. The fourth-order valence-electron chi connectivity index (χ4n) is 1.74. The van der Waals surface area contributed by atoms with Crippen molar-refractivity contribution in [1.29, 1.82) is 0 Å². The van der Waals surface area contributed by atoms with Crippen LogP contribution >= 0.6 is 11.8 Å². The van der Waals surface area contributed by atoms with Gasteiger partial charge in [-0.15, -0.1) is 11.8 Å². The Morgan fingerprint density at radius 1 is 1.33 bits per heavy atom. The Bertz CT molecular complexity index is 319. The number of unbranched alkanes of at least 4 members (excludes halogenated alkanes) is 1. The molecule has 1 heterocycles. The molecule has 1 rings (SSSR count). The molecule has 0 amide bonds. The first-order valence-electron chi connectivity index (χ1n) is 6.10. The molecule has 2 atom stereocenters. The minimum Gasteiger partial charge on any atom is -0.468 e. The summed E-state index contributed by atoms with van der Waals surface area (Å²) in [7, 11) is 1.34. The standard InChI is InChI=1S/C12H21NO4S/c1-5-6-7-17-11(15)9-13-8(10(14)16-4)12(2,3)18-9/h8-9,13H,5-7H2,1-4H3. The summed E-state index contributed by atoms with van der Waals surface area (Å²) in [6, 6.07) is -0.490. The van der Waals surface area contributed by atoms with E-state index in [4.69, 9.17) is 9.47 Å². The maximum atomic E-state index is 11.8. The molecule has 1 N–H and O–H groups in total. The Labute approximate surface area is 112 Å². The van der Waals surface area contributed by atoms with Crippen LogP contribution < -0.4 is 5.32 Å². The number of carbonyl (C=O) groups is 2. The summed E-state index contributed by atoms with van der Waals surface area (Å²) in [5.74, 6) is -0.663. The van der Waals surface area contributed by atoms with Crippen molar-refractivity contribution in [3.63, 3.8) is 0 Å². The molecule has 18 heavy (non-hydrogen) atoms. The predicted molar refractivity (Wildman–Crippen MR) is 70.3 cm³/mol. The van der Waals surface area contributed by atoms with Crippen LogP contribution in [0.3, 0.4) is 0 Å². The van der Waals surface area contributed by atoms with E-state index in [1.807, 2.05) is 20.8 Å². The SMILES string of the molecule is CCCCOC(=O)C1NC(C(=O)OC)C(C)(C)S1. The summed E-state index contributed by atoms with van der Waals surface area (Å²) in [6.45, 7) is 6.28. The first-order valence-corrected chi connectivity index (χ1v) is 6.98. The molecule has 0 spiro atoms. The van der Waals surface area contributed by atoms with Gasteiger partial charge in [0.2, 0.25) is 0 Å². The molecule has 0 saturated carbocycles. The smallest absolute Gasteiger partial charge is 0.333 e. The molecule has 0 radical (unpaired) electrons. The third-order valence-electron chi connectivity index (χ3n) is 2.83. The first-order chi connectivity index (χ1) is 8.42. The molecule has 2 unspecified atom stereocenters. The van der Waals surface area contributed by atoms with Gasteiger partial charge in [-0.25, -0.2) is 4.79 Å². The highest BCUT2D eigenvalue weighted by molar-refractivity contribution is 8.02. The Kier molecular flexibility index (Phi) is 5.47. The van der Waals surface area contributed by atoms with Crippen LogP contribution in [0.4, 0.5) is 0 Å². The van der Waals surface area contributed by atoms with E-state index in [0.717, 1.165) is 12.8 Å². The maximum absolute atomic E-state index is 11.8. The van der Waals surface area contributed by atoms with Gasteiger partial charge in [0.25, 0.3) is 0 Å². The first kappa shape index (κ1) is 15.3. The van der Waals surface area contributed by atoms with Gasteiger partial charge < -0.3 is 9.47 Å². The van der Waals surface area contributed by atoms with E-state index in [9.17, 15) is 9.59 Å². The van der Waals surface area contributed by atoms with Crippen LogP contribution in [0.25, 0.3) is 0 Å². The molecule has 0 bridgehead atoms. The summed E-state index contributed by atoms with van der Waals surface area (Å²) in [5.41, 5.74) is 0. The molecule has 1 fully saturated rings. The number of nitrogens with one attached hydrogen (secondary N) is 1. The lowest BCUT2D eigenvalue weighted by atomic mass is 10.0. The van der Waals surface area contributed by atoms with Crippen molar-refractivity contribution < 1.29 is 19.1 Å². The van der Waals surface area contributed by atoms with Gasteiger partial charge in [0.05, 0.1) is 13.7 Å². The van der Waals surface area contributed by atoms with Crippen molar-refractivity contribution in [1.82, 2.24) is 5.32 Å². The van der Waals surface area contributed by atoms with E-state index < -0.39 is 11.4 Å². The van der Waals surface area contributed by atoms with Crippen molar-refractivity contribution in [2.75, 3.05) is 13.7 Å². The van der Waals surface area contributed by atoms with E-state index in [-0.39, 0.29) is 16.7 Å². The Balaban J connectivity index is 2.56. The summed E-state index contributed by atoms with van der Waals surface area (Å²) in [5, 5.41) is 2.47. The molecule has 0 aromatic rings. The highest BCUT2D eigenvalue weighted by Crippen LogP contribution is 2.38. The van der Waals surface area contributed by atoms with Gasteiger partial charge in [-0.3, -0.25) is 10.1 Å². The highest BCUT2D eigenvalue weighted by atomic mass is 32.2. The van der Waals surface area contributed by atoms with E-state index in [0.29, 0.717) is 6.61 Å². The van der Waals surface area contributed by atoms with Crippen LogP contribution in [0.15, 0.2) is 0 Å². The van der Waals surface area contributed by atoms with Crippen LogP contribution in [0.2, 0.25) is 0 Å². The van der Waals surface area contributed by atoms with E-state index in [1.165, 1.54) is 18.9 Å². The second-order valence-electron chi connectivity index (χ2n) is 4.75. The number of esters is 2. The zero-order chi connectivity index (χ0) is 13.8. The maximum Gasteiger partial charge on any atom is 0.333 e. The monoisotopic (exact) mass is 275 g/mol. The Hall–Kier alpha value is -0.750. The second kappa shape index (κ2) is 6.43. The molecule has 0 aliphatic carbocycles. The molecule has 1 aliphatic heterocycles. The second-order valence-corrected chi connectivity index (χ2v) is 6.50. The van der Waals surface area contributed by atoms with Crippen LogP contribution in [-0.2, 0) is 19.1 Å². The molecular formula is C12H21NO4S. The Morgan fingerprint density at radius 3 is 2.56 bits per heavy atom. The summed E-state index contributed by atoms with van der Waals surface area (Å²) >= 11 is 1.40. The molecule has 0 aromatic heterocycles. The fraction of sp³-hybridized carbons (Fsp3) is 0.833. The molecule has 1 aliphatic rings. The van der Waals surface area contributed by atoms with Gasteiger partial charge in [0.1, 0.15) is 6.04 Å². The summed E-state index contributed by atoms with van der Waals surface area (Å²) < 4.78 is 9.49. The van der Waals surface area contributed by atoms with Gasteiger partial charge in [-0.2, -0.15) is 0 Å². The largest absolute Gasteiger partial charge is 0.468 e. The minimum atomic E-state index is -0.499. The molecule has 0 aromatic carbocycles. The minimum absolute atomic E-state index is 0.312. The van der Waals surface area contributed by atoms with Crippen LogP contribution in [0.1, 0.15) is 33.6 Å². The zero-order valence-electron chi connectivity index (χ0n) is 11.3. The number of hydrogen-bond acceptors (Lipinski definition) is 6. The van der Waals surface area contributed by atoms with Crippen molar-refractivity contribution in [3.8, 4) is 0 Å². The van der Waals surface area contributed by atoms with Gasteiger partial charge >= 0.3 is 11.9 Å². The topological polar surface area (TPSA) is 64.6 Å². The number of hydrogen-bond donors (Lipinski definition) is 1. The molecule has 5 nitrogen and oxygen atoms in total. The number of ether oxygens (including phenoxy) is 2. The lowest BCUT2D eigenvalue weighted by Crippen LogP contribution is -2.46. The Morgan fingerprint density at radius 2 is 2.00 bits per heavy atom. The predicted octanol–water partition coefficient (Wildman–Crippen LogP) is 1.31. The number of methoxy groups -OCH3 is 1. The molecular weight excluding hydrogens is 254 g/mol. The van der Waals surface area contributed by atoms with E-state index >= 15 is 0 Å². The van der Waals surface area contributed by atoms with Crippen molar-refractivity contribution in [3.05, 3.63) is 0 Å². The summed E-state index contributed by atoms with van der Waals surface area (Å²) in [6.07, 6.45) is 1.84. The van der Waals surface area contributed by atoms with Crippen molar-refractivity contribution in [2.45, 2.75) is 49.8 Å². The van der Waals surface area contributed by atoms with E-state index in [2.05, 4.69) is 5.32 Å². The number of rotatable bonds is 5. The fourth-order valence-corrected chi connectivity index (χ4v) is 3.01. The molecule has 6 heteroatoms. The number of carbonyl (C=O) groups excluding carboxylic acids is 2. The van der Waals surface area contributed by atoms with Crippen molar-refractivity contribution in [2.24, 2.45) is 0 Å². The summed E-state index contributed by atoms with van der Waals surface area (Å²) in [4.78, 5) is 23.4. The lowest BCUT2D eigenvalue weighted by Gasteiger charge is -2.22. The average molecular weight is 275 g/mol. The molecule has 1 saturated heterocycles. The highest BCUT2D eigenvalue weighted by Gasteiger charge is 2.48. The average Bonchev–Trinajstić information content (AvgIpc) is 2.64. The molecule has 104 valence electrons. The lowest BCUT2D eigenvalue weighted by molar-refractivity contribution is -0.145. The normalized spacial score (nSPS) is 25.8. The van der Waals surface area contributed by atoms with Crippen molar-refractivity contribution >= 4 is 23.7 Å². The van der Waals surface area contributed by atoms with Gasteiger partial charge in [-0.1, -0.05) is 13.3 Å². The van der Waals surface area contributed by atoms with E-state index in [1.54, 1.807) is 0 Å². The van der Waals surface area contributed by atoms with Crippen LogP contribution in [-0.4, -0.2) is 41.8 Å². The van der Waals surface area contributed by atoms with Crippen LogP contribution in [0, 0.1) is 0 Å². The zero-order valence-corrected chi connectivity index (χ0v) is 12.1. The third kappa shape index (κ3) is 3.62. The van der Waals surface area contributed by atoms with Crippen LogP contribution in [0.5, 0.6) is 0 Å². The van der Waals surface area contributed by atoms with Gasteiger partial charge in [-0.05, 0) is 20.3 Å². The van der Waals surface area contributed by atoms with Gasteiger partial charge in [0.15, 0.2) is 5.37 Å². The third-order valence-corrected chi connectivity index (χ3v) is 4.24. The quantitative estimate of drug-likeness (QED) is 0.603.